The molecule has 21 heavy (non-hydrogen) atoms. The van der Waals surface area contributed by atoms with Gasteiger partial charge in [-0.3, -0.25) is 10.1 Å². The van der Waals surface area contributed by atoms with Crippen LogP contribution in [0.15, 0.2) is 29.3 Å². The molecule has 0 spiro atoms. The summed E-state index contributed by atoms with van der Waals surface area (Å²) in [5.41, 5.74) is -0.640. The number of benzene rings is 1. The molecule has 6 nitrogen and oxygen atoms in total. The van der Waals surface area contributed by atoms with Gasteiger partial charge in [0.15, 0.2) is 0 Å². The molecule has 112 valence electrons. The number of halogens is 3. The molecular weight excluding hydrogens is 289 g/mol. The molecular formula is C12H11F3N4O2. The molecule has 0 saturated carbocycles. The average Bonchev–Trinajstić information content (AvgIpc) is 2.67. The molecule has 1 fully saturated rings. The number of urea groups is 1. The van der Waals surface area contributed by atoms with Crippen LogP contribution in [0.5, 0.6) is 0 Å². The van der Waals surface area contributed by atoms with E-state index in [1.54, 1.807) is 7.05 Å². The third-order valence-electron chi connectivity index (χ3n) is 2.66. The Morgan fingerprint density at radius 2 is 1.95 bits per heavy atom. The molecule has 0 aromatic heterocycles. The number of amides is 3. The van der Waals surface area contributed by atoms with Crippen molar-refractivity contribution in [2.45, 2.75) is 6.18 Å². The van der Waals surface area contributed by atoms with Crippen LogP contribution in [0, 0.1) is 0 Å². The normalized spacial score (nSPS) is 17.0. The molecule has 0 bridgehead atoms. The number of alkyl halides is 3. The SMILES string of the molecule is CN1CC(=O)NC1=NC(=O)Nc1ccc(C(F)(F)F)cc1. The van der Waals surface area contributed by atoms with E-state index in [1.807, 2.05) is 0 Å². The number of aliphatic imine (C=N–C) groups is 1. The third-order valence-corrected chi connectivity index (χ3v) is 2.66. The summed E-state index contributed by atoms with van der Waals surface area (Å²) >= 11 is 0. The molecule has 2 rings (SSSR count). The van der Waals surface area contributed by atoms with Crippen molar-refractivity contribution in [3.8, 4) is 0 Å². The molecule has 0 atom stereocenters. The fourth-order valence-corrected chi connectivity index (χ4v) is 1.65. The maximum absolute atomic E-state index is 12.4. The average molecular weight is 300 g/mol. The van der Waals surface area contributed by atoms with E-state index in [2.05, 4.69) is 15.6 Å². The topological polar surface area (TPSA) is 73.8 Å². The van der Waals surface area contributed by atoms with Crippen molar-refractivity contribution in [1.82, 2.24) is 10.2 Å². The van der Waals surface area contributed by atoms with Crippen LogP contribution >= 0.6 is 0 Å². The van der Waals surface area contributed by atoms with Gasteiger partial charge < -0.3 is 10.2 Å². The first-order valence-electron chi connectivity index (χ1n) is 5.83. The zero-order valence-electron chi connectivity index (χ0n) is 10.9. The Kier molecular flexibility index (Phi) is 3.83. The van der Waals surface area contributed by atoms with Gasteiger partial charge in [0.25, 0.3) is 0 Å². The lowest BCUT2D eigenvalue weighted by molar-refractivity contribution is -0.137. The van der Waals surface area contributed by atoms with E-state index in [9.17, 15) is 22.8 Å². The molecule has 0 aliphatic carbocycles. The summed E-state index contributed by atoms with van der Waals surface area (Å²) in [4.78, 5) is 27.7. The van der Waals surface area contributed by atoms with Crippen LogP contribution in [0.25, 0.3) is 0 Å². The lowest BCUT2D eigenvalue weighted by Crippen LogP contribution is -2.29. The molecule has 1 heterocycles. The van der Waals surface area contributed by atoms with Crippen LogP contribution in [0.1, 0.15) is 5.56 Å². The van der Waals surface area contributed by atoms with Crippen molar-refractivity contribution in [2.24, 2.45) is 4.99 Å². The van der Waals surface area contributed by atoms with Gasteiger partial charge in [0.2, 0.25) is 11.9 Å². The zero-order valence-corrected chi connectivity index (χ0v) is 10.9. The second-order valence-corrected chi connectivity index (χ2v) is 4.34. The smallest absolute Gasteiger partial charge is 0.336 e. The minimum atomic E-state index is -4.43. The Hall–Kier alpha value is -2.58. The van der Waals surface area contributed by atoms with Gasteiger partial charge in [0.1, 0.15) is 0 Å². The molecule has 0 radical (unpaired) electrons. The Bertz CT molecular complexity index is 596. The van der Waals surface area contributed by atoms with E-state index in [1.165, 1.54) is 4.90 Å². The summed E-state index contributed by atoms with van der Waals surface area (Å²) < 4.78 is 37.1. The first-order chi connectivity index (χ1) is 9.75. The summed E-state index contributed by atoms with van der Waals surface area (Å²) in [6, 6.07) is 3.16. The van der Waals surface area contributed by atoms with E-state index in [0.29, 0.717) is 0 Å². The fourth-order valence-electron chi connectivity index (χ4n) is 1.65. The van der Waals surface area contributed by atoms with Crippen LogP contribution in [-0.4, -0.2) is 36.4 Å². The number of likely N-dealkylation sites (N-methyl/N-ethyl adjacent to an activating group) is 1. The number of carbonyl (C=O) groups is 2. The number of guanidine groups is 1. The Labute approximate surface area is 117 Å². The van der Waals surface area contributed by atoms with E-state index in [4.69, 9.17) is 0 Å². The second kappa shape index (κ2) is 5.43. The molecule has 1 aromatic carbocycles. The highest BCUT2D eigenvalue weighted by Gasteiger charge is 2.30. The van der Waals surface area contributed by atoms with E-state index in [0.717, 1.165) is 24.3 Å². The van der Waals surface area contributed by atoms with Crippen molar-refractivity contribution in [2.75, 3.05) is 18.9 Å². The molecule has 0 unspecified atom stereocenters. The second-order valence-electron chi connectivity index (χ2n) is 4.34. The Morgan fingerprint density at radius 3 is 2.43 bits per heavy atom. The lowest BCUT2D eigenvalue weighted by Gasteiger charge is -2.09. The van der Waals surface area contributed by atoms with Gasteiger partial charge in [0, 0.05) is 12.7 Å². The zero-order chi connectivity index (χ0) is 15.6. The van der Waals surface area contributed by atoms with Crippen LogP contribution in [-0.2, 0) is 11.0 Å². The standard InChI is InChI=1S/C12H11F3N4O2/c1-19-6-9(20)17-10(19)18-11(21)16-8-4-2-7(3-5-8)12(13,14)15/h2-5H,6H2,1H3,(H2,16,17,18,20,21). The van der Waals surface area contributed by atoms with Gasteiger partial charge in [-0.25, -0.2) is 4.79 Å². The van der Waals surface area contributed by atoms with Crippen molar-refractivity contribution in [3.05, 3.63) is 29.8 Å². The highest BCUT2D eigenvalue weighted by atomic mass is 19.4. The molecule has 1 aromatic rings. The van der Waals surface area contributed by atoms with E-state index >= 15 is 0 Å². The predicted molar refractivity (Wildman–Crippen MR) is 68.7 cm³/mol. The summed E-state index contributed by atoms with van der Waals surface area (Å²) in [6.45, 7) is 0.0897. The number of hydrogen-bond acceptors (Lipinski definition) is 2. The fraction of sp³-hybridized carbons (Fsp3) is 0.250. The third kappa shape index (κ3) is 3.71. The summed E-state index contributed by atoms with van der Waals surface area (Å²) in [5, 5.41) is 4.69. The molecule has 1 aliphatic heterocycles. The maximum atomic E-state index is 12.4. The Balaban J connectivity index is 2.03. The minimum absolute atomic E-state index is 0.0874. The first kappa shape index (κ1) is 14.8. The van der Waals surface area contributed by atoms with Crippen molar-refractivity contribution in [1.29, 1.82) is 0 Å². The van der Waals surface area contributed by atoms with Crippen LogP contribution in [0.4, 0.5) is 23.7 Å². The Morgan fingerprint density at radius 1 is 1.33 bits per heavy atom. The molecule has 9 heteroatoms. The molecule has 1 aliphatic rings. The number of hydrogen-bond donors (Lipinski definition) is 2. The molecule has 3 amide bonds. The summed E-state index contributed by atoms with van der Waals surface area (Å²) in [5.74, 6) is -0.206. The lowest BCUT2D eigenvalue weighted by atomic mass is 10.2. The number of carbonyl (C=O) groups excluding carboxylic acids is 2. The number of rotatable bonds is 1. The van der Waals surface area contributed by atoms with Gasteiger partial charge in [-0.1, -0.05) is 0 Å². The monoisotopic (exact) mass is 300 g/mol. The largest absolute Gasteiger partial charge is 0.416 e. The highest BCUT2D eigenvalue weighted by molar-refractivity contribution is 6.09. The predicted octanol–water partition coefficient (Wildman–Crippen LogP) is 1.65. The van der Waals surface area contributed by atoms with Crippen molar-refractivity contribution >= 4 is 23.6 Å². The van der Waals surface area contributed by atoms with Crippen LogP contribution in [0.2, 0.25) is 0 Å². The number of nitrogens with one attached hydrogen (secondary N) is 2. The first-order valence-corrected chi connectivity index (χ1v) is 5.83. The van der Waals surface area contributed by atoms with Crippen molar-refractivity contribution in [3.63, 3.8) is 0 Å². The quantitative estimate of drug-likeness (QED) is 0.828. The highest BCUT2D eigenvalue weighted by Crippen LogP contribution is 2.29. The van der Waals surface area contributed by atoms with E-state index in [-0.39, 0.29) is 24.1 Å². The van der Waals surface area contributed by atoms with Gasteiger partial charge in [-0.05, 0) is 24.3 Å². The van der Waals surface area contributed by atoms with Crippen LogP contribution < -0.4 is 10.6 Å². The van der Waals surface area contributed by atoms with Gasteiger partial charge in [-0.15, -0.1) is 0 Å². The van der Waals surface area contributed by atoms with E-state index < -0.39 is 17.8 Å². The molecule has 1 saturated heterocycles. The summed E-state index contributed by atoms with van der Waals surface area (Å²) in [7, 11) is 1.57. The number of nitrogens with zero attached hydrogens (tertiary/aromatic N) is 2. The maximum Gasteiger partial charge on any atom is 0.416 e. The van der Waals surface area contributed by atoms with Gasteiger partial charge in [0.05, 0.1) is 12.1 Å². The van der Waals surface area contributed by atoms with Crippen molar-refractivity contribution < 1.29 is 22.8 Å². The van der Waals surface area contributed by atoms with Gasteiger partial charge >= 0.3 is 12.2 Å². The summed E-state index contributed by atoms with van der Waals surface area (Å²) in [6.07, 6.45) is -4.43. The van der Waals surface area contributed by atoms with Crippen LogP contribution in [0.3, 0.4) is 0 Å². The minimum Gasteiger partial charge on any atom is -0.336 e. The number of anilines is 1. The molecule has 2 N–H and O–H groups in total. The van der Waals surface area contributed by atoms with Gasteiger partial charge in [-0.2, -0.15) is 18.2 Å².